The van der Waals surface area contributed by atoms with Gasteiger partial charge in [0.15, 0.2) is 0 Å². The maximum absolute atomic E-state index is 13.6. The third-order valence-electron chi connectivity index (χ3n) is 11.1. The van der Waals surface area contributed by atoms with Gasteiger partial charge in [-0.25, -0.2) is 14.4 Å². The Morgan fingerprint density at radius 1 is 0.623 bits per heavy atom. The van der Waals surface area contributed by atoms with Crippen LogP contribution >= 0.6 is 23.5 Å². The molecule has 0 N–H and O–H groups in total. The monoisotopic (exact) mass is 881 g/mol. The molecule has 4 aliphatic rings. The highest BCUT2D eigenvalue weighted by atomic mass is 32.2. The molecule has 61 heavy (non-hydrogen) atoms. The fraction of sp³-hybridized carbons (Fsp3) is 0.545. The van der Waals surface area contributed by atoms with Crippen molar-refractivity contribution in [3.8, 4) is 11.5 Å². The molecule has 0 unspecified atom stereocenters. The van der Waals surface area contributed by atoms with Crippen LogP contribution in [-0.4, -0.2) is 74.3 Å². The summed E-state index contributed by atoms with van der Waals surface area (Å²) >= 11 is 2.06. The van der Waals surface area contributed by atoms with Gasteiger partial charge in [-0.2, -0.15) is 0 Å². The Morgan fingerprint density at radius 3 is 1.59 bits per heavy atom. The number of benzene rings is 1. The molecule has 328 valence electrons. The summed E-state index contributed by atoms with van der Waals surface area (Å²) in [6.07, 6.45) is 9.07. The van der Waals surface area contributed by atoms with Gasteiger partial charge in [0.2, 0.25) is 0 Å². The van der Waals surface area contributed by atoms with Gasteiger partial charge in [0.05, 0.1) is 57.5 Å². The standard InChI is InChI=1S/C44H51NO14S2/c1-5-34(46)53-22-7-23-55-39(48)27-12-14-29(15-13-27)40(49)57-31-18-16-30(17-19-31)42(51)59-33-21-20-32(58-41(50)28-10-8-26(3)9-11-28)37-38(33)61-44(60-37)36(45-4)43(52)56-25-24-54-35(47)6-2/h5-6,20-21,26-31H,1-2,7-19,22-25H2,3H3/b44-36-. The maximum Gasteiger partial charge on any atom is 0.338 e. The SMILES string of the molecule is [C-]#[N+]/C(C(=O)OCCOC(=O)C=C)=C1/Sc2c(OC(=O)C3CCC(C)CC3)ccc(OC(=O)C3CCC(OC(=O)C4CCC(C(=O)OCCCOC(=O)C=C)CC4)CC3)c2S1. The molecule has 3 aliphatic carbocycles. The predicted molar refractivity (Wildman–Crippen MR) is 220 cm³/mol. The van der Waals surface area contributed by atoms with Crippen LogP contribution in [-0.2, 0) is 57.2 Å². The average Bonchev–Trinajstić information content (AvgIpc) is 3.72. The topological polar surface area (TPSA) is 188 Å². The number of thioether (sulfide) groups is 2. The minimum atomic E-state index is -0.940. The van der Waals surface area contributed by atoms with E-state index >= 15 is 0 Å². The third-order valence-corrected chi connectivity index (χ3v) is 13.7. The van der Waals surface area contributed by atoms with E-state index in [1.165, 1.54) is 6.07 Å². The fourth-order valence-electron chi connectivity index (χ4n) is 7.46. The van der Waals surface area contributed by atoms with E-state index in [9.17, 15) is 33.6 Å². The van der Waals surface area contributed by atoms with Crippen LogP contribution in [0.4, 0.5) is 0 Å². The van der Waals surface area contributed by atoms with E-state index in [1.807, 2.05) is 0 Å². The van der Waals surface area contributed by atoms with Crippen molar-refractivity contribution < 1.29 is 66.7 Å². The zero-order chi connectivity index (χ0) is 43.9. The van der Waals surface area contributed by atoms with Crippen molar-refractivity contribution in [3.05, 3.63) is 58.8 Å². The summed E-state index contributed by atoms with van der Waals surface area (Å²) in [6.45, 7) is 16.3. The highest BCUT2D eigenvalue weighted by Crippen LogP contribution is 2.59. The van der Waals surface area contributed by atoms with Crippen LogP contribution in [0.2, 0.25) is 0 Å². The zero-order valence-corrected chi connectivity index (χ0v) is 35.8. The Labute approximate surface area is 363 Å². The van der Waals surface area contributed by atoms with Crippen LogP contribution < -0.4 is 9.47 Å². The van der Waals surface area contributed by atoms with E-state index in [0.717, 1.165) is 48.5 Å². The van der Waals surface area contributed by atoms with Gasteiger partial charge in [-0.05, 0) is 95.1 Å². The minimum Gasteiger partial charge on any atom is -0.467 e. The second kappa shape index (κ2) is 23.2. The number of esters is 7. The molecule has 0 spiro atoms. The fourth-order valence-corrected chi connectivity index (χ4v) is 10.0. The molecule has 3 saturated carbocycles. The van der Waals surface area contributed by atoms with Crippen LogP contribution in [0.3, 0.4) is 0 Å². The van der Waals surface area contributed by atoms with Crippen molar-refractivity contribution >= 4 is 65.3 Å². The van der Waals surface area contributed by atoms with E-state index in [-0.39, 0.29) is 89.6 Å². The van der Waals surface area contributed by atoms with Gasteiger partial charge < -0.3 is 33.2 Å². The van der Waals surface area contributed by atoms with Crippen molar-refractivity contribution in [2.75, 3.05) is 26.4 Å². The number of carbonyl (C=O) groups excluding carboxylic acids is 7. The minimum absolute atomic E-state index is 0.126. The maximum atomic E-state index is 13.6. The van der Waals surface area contributed by atoms with E-state index in [1.54, 1.807) is 6.07 Å². The number of carbonyl (C=O) groups is 7. The lowest BCUT2D eigenvalue weighted by molar-refractivity contribution is -0.161. The van der Waals surface area contributed by atoms with Gasteiger partial charge in [0.1, 0.15) is 30.8 Å². The Hall–Kier alpha value is -5.08. The quantitative estimate of drug-likeness (QED) is 0.0374. The molecule has 1 aromatic rings. The van der Waals surface area contributed by atoms with Crippen LogP contribution in [0.5, 0.6) is 11.5 Å². The molecule has 0 atom stereocenters. The second-order valence-electron chi connectivity index (χ2n) is 15.3. The summed E-state index contributed by atoms with van der Waals surface area (Å²) < 4.78 is 38.2. The van der Waals surface area contributed by atoms with Gasteiger partial charge in [0.25, 0.3) is 5.70 Å². The summed E-state index contributed by atoms with van der Waals surface area (Å²) in [5.74, 6) is -4.11. The summed E-state index contributed by atoms with van der Waals surface area (Å²) in [5, 5.41) is 0. The Balaban J connectivity index is 1.15. The van der Waals surface area contributed by atoms with E-state index in [0.29, 0.717) is 86.3 Å². The van der Waals surface area contributed by atoms with Crippen molar-refractivity contribution in [2.45, 2.75) is 106 Å². The number of nitrogens with zero attached hydrogens (tertiary/aromatic N) is 1. The molecule has 1 heterocycles. The van der Waals surface area contributed by atoms with Crippen molar-refractivity contribution in [1.82, 2.24) is 0 Å². The molecule has 3 fully saturated rings. The molecule has 0 aromatic heterocycles. The Morgan fingerprint density at radius 2 is 1.07 bits per heavy atom. The molecule has 0 saturated heterocycles. The summed E-state index contributed by atoms with van der Waals surface area (Å²) in [6, 6.07) is 3.08. The number of ether oxygens (including phenoxy) is 7. The normalized spacial score (nSPS) is 24.0. The Bertz CT molecular complexity index is 1910. The first kappa shape index (κ1) is 47.0. The van der Waals surface area contributed by atoms with E-state index in [2.05, 4.69) is 24.9 Å². The summed E-state index contributed by atoms with van der Waals surface area (Å²) in [4.78, 5) is 92.1. The van der Waals surface area contributed by atoms with Crippen LogP contribution in [0.15, 0.2) is 57.2 Å². The van der Waals surface area contributed by atoms with Gasteiger partial charge in [-0.3, -0.25) is 24.0 Å². The lowest BCUT2D eigenvalue weighted by Gasteiger charge is -2.30. The third kappa shape index (κ3) is 13.5. The van der Waals surface area contributed by atoms with Crippen molar-refractivity contribution in [2.24, 2.45) is 29.6 Å². The van der Waals surface area contributed by atoms with Crippen LogP contribution in [0.1, 0.15) is 90.4 Å². The van der Waals surface area contributed by atoms with Crippen LogP contribution in [0.25, 0.3) is 4.85 Å². The van der Waals surface area contributed by atoms with E-state index in [4.69, 9.17) is 39.7 Å². The molecule has 17 heteroatoms. The summed E-state index contributed by atoms with van der Waals surface area (Å²) in [5.41, 5.74) is -0.335. The van der Waals surface area contributed by atoms with E-state index < -0.39 is 29.8 Å². The molecule has 15 nitrogen and oxygen atoms in total. The second-order valence-corrected chi connectivity index (χ2v) is 17.6. The summed E-state index contributed by atoms with van der Waals surface area (Å²) in [7, 11) is 0. The number of rotatable bonds is 17. The number of hydrogen-bond acceptors (Lipinski definition) is 16. The molecule has 0 amide bonds. The molecule has 0 bridgehead atoms. The first-order valence-electron chi connectivity index (χ1n) is 20.6. The van der Waals surface area contributed by atoms with Crippen LogP contribution in [0, 0.1) is 36.2 Å². The average molecular weight is 882 g/mol. The molecule has 1 aromatic carbocycles. The predicted octanol–water partition coefficient (Wildman–Crippen LogP) is 7.45. The smallest absolute Gasteiger partial charge is 0.338 e. The van der Waals surface area contributed by atoms with Crippen molar-refractivity contribution in [1.29, 1.82) is 0 Å². The lowest BCUT2D eigenvalue weighted by atomic mass is 9.82. The molecule has 5 rings (SSSR count). The number of fused-ring (bicyclic) bond motifs is 1. The largest absolute Gasteiger partial charge is 0.467 e. The highest BCUT2D eigenvalue weighted by molar-refractivity contribution is 8.24. The van der Waals surface area contributed by atoms with Gasteiger partial charge in [0, 0.05) is 18.6 Å². The van der Waals surface area contributed by atoms with Crippen molar-refractivity contribution in [3.63, 3.8) is 0 Å². The van der Waals surface area contributed by atoms with Gasteiger partial charge in [-0.15, -0.1) is 0 Å². The van der Waals surface area contributed by atoms with Gasteiger partial charge in [-0.1, -0.05) is 43.6 Å². The number of hydrogen-bond donors (Lipinski definition) is 0. The Kier molecular flexibility index (Phi) is 17.9. The highest BCUT2D eigenvalue weighted by Gasteiger charge is 2.37. The molecule has 0 radical (unpaired) electrons. The molecule has 1 aliphatic heterocycles. The first-order valence-corrected chi connectivity index (χ1v) is 22.2. The molecular weight excluding hydrogens is 831 g/mol. The van der Waals surface area contributed by atoms with Gasteiger partial charge >= 0.3 is 41.8 Å². The molecular formula is C44H51NO14S2. The zero-order valence-electron chi connectivity index (χ0n) is 34.2. The first-order chi connectivity index (χ1) is 29.4. The lowest BCUT2D eigenvalue weighted by Crippen LogP contribution is -2.33.